The molecule has 0 aromatic heterocycles. The van der Waals surface area contributed by atoms with Crippen LogP contribution in [0.25, 0.3) is 0 Å². The summed E-state index contributed by atoms with van der Waals surface area (Å²) in [7, 11) is 0. The quantitative estimate of drug-likeness (QED) is 0.839. The molecule has 4 aliphatic rings. The van der Waals surface area contributed by atoms with Crippen molar-refractivity contribution in [2.45, 2.75) is 50.4 Å². The minimum atomic E-state index is -0.264. The Morgan fingerprint density at radius 1 is 1.04 bits per heavy atom. The third kappa shape index (κ3) is 3.01. The zero-order valence-corrected chi connectivity index (χ0v) is 16.3. The molecule has 1 N–H and O–H groups in total. The van der Waals surface area contributed by atoms with E-state index < -0.39 is 0 Å². The SMILES string of the molecule is O=C(NCC1(CN2CCOCC2)CC1)C1(c2ccccc2)CC12CCCC2. The second-order valence-corrected chi connectivity index (χ2v) is 9.51. The molecule has 5 rings (SSSR count). The highest BCUT2D eigenvalue weighted by Gasteiger charge is 2.72. The normalized spacial score (nSPS) is 31.0. The number of ether oxygens (including phenoxy) is 1. The minimum absolute atomic E-state index is 0.235. The smallest absolute Gasteiger partial charge is 0.231 e. The maximum atomic E-state index is 13.5. The summed E-state index contributed by atoms with van der Waals surface area (Å²) in [5, 5.41) is 3.43. The van der Waals surface area contributed by atoms with E-state index in [1.165, 1.54) is 44.1 Å². The Labute approximate surface area is 162 Å². The van der Waals surface area contributed by atoms with Gasteiger partial charge in [0.15, 0.2) is 0 Å². The number of carbonyl (C=O) groups is 1. The van der Waals surface area contributed by atoms with Crippen molar-refractivity contribution in [1.29, 1.82) is 0 Å². The molecule has 1 aliphatic heterocycles. The third-order valence-electron chi connectivity index (χ3n) is 7.84. The molecule has 4 fully saturated rings. The van der Waals surface area contributed by atoms with Gasteiger partial charge in [-0.1, -0.05) is 43.2 Å². The summed E-state index contributed by atoms with van der Waals surface area (Å²) in [6.07, 6.45) is 8.53. The van der Waals surface area contributed by atoms with Crippen LogP contribution in [0.3, 0.4) is 0 Å². The lowest BCUT2D eigenvalue weighted by atomic mass is 9.84. The lowest BCUT2D eigenvalue weighted by Crippen LogP contribution is -2.45. The zero-order valence-electron chi connectivity index (χ0n) is 16.3. The molecule has 1 atom stereocenters. The molecule has 146 valence electrons. The number of hydrogen-bond acceptors (Lipinski definition) is 3. The molecular weight excluding hydrogens is 336 g/mol. The Morgan fingerprint density at radius 3 is 2.41 bits per heavy atom. The van der Waals surface area contributed by atoms with Gasteiger partial charge in [-0.05, 0) is 43.1 Å². The summed E-state index contributed by atoms with van der Waals surface area (Å²) in [6, 6.07) is 10.6. The van der Waals surface area contributed by atoms with Crippen LogP contribution in [-0.4, -0.2) is 50.2 Å². The van der Waals surface area contributed by atoms with E-state index in [-0.39, 0.29) is 10.8 Å². The van der Waals surface area contributed by atoms with E-state index in [9.17, 15) is 4.79 Å². The predicted octanol–water partition coefficient (Wildman–Crippen LogP) is 3.12. The van der Waals surface area contributed by atoms with Crippen LogP contribution < -0.4 is 5.32 Å². The molecule has 1 unspecified atom stereocenters. The predicted molar refractivity (Wildman–Crippen MR) is 106 cm³/mol. The van der Waals surface area contributed by atoms with Gasteiger partial charge in [0.25, 0.3) is 0 Å². The van der Waals surface area contributed by atoms with Crippen molar-refractivity contribution in [3.8, 4) is 0 Å². The van der Waals surface area contributed by atoms with E-state index in [2.05, 4.69) is 40.5 Å². The van der Waals surface area contributed by atoms with Crippen LogP contribution in [0.4, 0.5) is 0 Å². The number of hydrogen-bond donors (Lipinski definition) is 1. The van der Waals surface area contributed by atoms with Crippen molar-refractivity contribution >= 4 is 5.91 Å². The highest BCUT2D eigenvalue weighted by atomic mass is 16.5. The first kappa shape index (κ1) is 17.7. The largest absolute Gasteiger partial charge is 0.379 e. The second kappa shape index (κ2) is 6.59. The van der Waals surface area contributed by atoms with Crippen LogP contribution in [0, 0.1) is 10.8 Å². The molecule has 3 saturated carbocycles. The van der Waals surface area contributed by atoms with E-state index in [0.717, 1.165) is 45.8 Å². The van der Waals surface area contributed by atoms with Crippen molar-refractivity contribution in [1.82, 2.24) is 10.2 Å². The maximum absolute atomic E-state index is 13.5. The number of nitrogens with one attached hydrogen (secondary N) is 1. The highest BCUT2D eigenvalue weighted by Crippen LogP contribution is 2.72. The molecular formula is C23H32N2O2. The van der Waals surface area contributed by atoms with Crippen LogP contribution >= 0.6 is 0 Å². The van der Waals surface area contributed by atoms with Gasteiger partial charge in [0, 0.05) is 31.6 Å². The number of rotatable bonds is 6. The van der Waals surface area contributed by atoms with Crippen molar-refractivity contribution in [2.24, 2.45) is 10.8 Å². The number of benzene rings is 1. The van der Waals surface area contributed by atoms with E-state index in [4.69, 9.17) is 4.74 Å². The van der Waals surface area contributed by atoms with Crippen LogP contribution in [0.15, 0.2) is 30.3 Å². The molecule has 1 spiro atoms. The number of nitrogens with zero attached hydrogens (tertiary/aromatic N) is 1. The molecule has 3 aliphatic carbocycles. The van der Waals surface area contributed by atoms with Crippen molar-refractivity contribution in [3.05, 3.63) is 35.9 Å². The van der Waals surface area contributed by atoms with Crippen LogP contribution in [0.1, 0.15) is 50.5 Å². The van der Waals surface area contributed by atoms with Crippen LogP contribution in [-0.2, 0) is 14.9 Å². The van der Waals surface area contributed by atoms with E-state index in [1.807, 2.05) is 0 Å². The van der Waals surface area contributed by atoms with E-state index in [1.54, 1.807) is 0 Å². The molecule has 27 heavy (non-hydrogen) atoms. The second-order valence-electron chi connectivity index (χ2n) is 9.51. The van der Waals surface area contributed by atoms with Gasteiger partial charge in [0.1, 0.15) is 0 Å². The molecule has 1 aromatic carbocycles. The van der Waals surface area contributed by atoms with Crippen molar-refractivity contribution < 1.29 is 9.53 Å². The van der Waals surface area contributed by atoms with Gasteiger partial charge >= 0.3 is 0 Å². The van der Waals surface area contributed by atoms with Crippen molar-refractivity contribution in [3.63, 3.8) is 0 Å². The number of morpholine rings is 1. The van der Waals surface area contributed by atoms with Crippen LogP contribution in [0.5, 0.6) is 0 Å². The number of amides is 1. The summed E-state index contributed by atoms with van der Waals surface area (Å²) < 4.78 is 5.48. The molecule has 1 saturated heterocycles. The minimum Gasteiger partial charge on any atom is -0.379 e. The molecule has 4 heteroatoms. The average molecular weight is 369 g/mol. The van der Waals surface area contributed by atoms with E-state index >= 15 is 0 Å². The fourth-order valence-corrected chi connectivity index (χ4v) is 5.92. The van der Waals surface area contributed by atoms with E-state index in [0.29, 0.717) is 11.3 Å². The number of carbonyl (C=O) groups excluding carboxylic acids is 1. The molecule has 0 bridgehead atoms. The Hall–Kier alpha value is -1.39. The fraction of sp³-hybridized carbons (Fsp3) is 0.696. The first-order valence-corrected chi connectivity index (χ1v) is 10.8. The summed E-state index contributed by atoms with van der Waals surface area (Å²) in [5.41, 5.74) is 1.52. The summed E-state index contributed by atoms with van der Waals surface area (Å²) in [5.74, 6) is 0.295. The standard InChI is InChI=1S/C23H32N2O2/c26-20(24-17-21(10-11-21)18-25-12-14-27-15-13-25)23(19-6-2-1-3-7-19)16-22(23)8-4-5-9-22/h1-3,6-7H,4-5,8-18H2,(H,24,26). The fourth-order valence-electron chi connectivity index (χ4n) is 5.92. The maximum Gasteiger partial charge on any atom is 0.231 e. The average Bonchev–Trinajstić information content (AvgIpc) is 3.55. The van der Waals surface area contributed by atoms with Gasteiger partial charge < -0.3 is 10.1 Å². The van der Waals surface area contributed by atoms with Gasteiger partial charge in [-0.25, -0.2) is 0 Å². The highest BCUT2D eigenvalue weighted by molar-refractivity contribution is 5.93. The Bertz CT molecular complexity index is 688. The first-order chi connectivity index (χ1) is 13.2. The Morgan fingerprint density at radius 2 is 1.74 bits per heavy atom. The Kier molecular flexibility index (Phi) is 4.32. The lowest BCUT2D eigenvalue weighted by Gasteiger charge is -2.31. The van der Waals surface area contributed by atoms with Gasteiger partial charge in [0.05, 0.1) is 18.6 Å². The third-order valence-corrected chi connectivity index (χ3v) is 7.84. The molecule has 1 aromatic rings. The lowest BCUT2D eigenvalue weighted by molar-refractivity contribution is -0.125. The van der Waals surface area contributed by atoms with Crippen LogP contribution in [0.2, 0.25) is 0 Å². The summed E-state index contributed by atoms with van der Waals surface area (Å²) >= 11 is 0. The molecule has 1 heterocycles. The van der Waals surface area contributed by atoms with Gasteiger partial charge in [-0.15, -0.1) is 0 Å². The first-order valence-electron chi connectivity index (χ1n) is 10.8. The monoisotopic (exact) mass is 368 g/mol. The summed E-state index contributed by atoms with van der Waals surface area (Å²) in [6.45, 7) is 5.72. The van der Waals surface area contributed by atoms with Gasteiger partial charge in [-0.2, -0.15) is 0 Å². The Balaban J connectivity index is 1.28. The zero-order chi connectivity index (χ0) is 18.4. The van der Waals surface area contributed by atoms with Gasteiger partial charge in [0.2, 0.25) is 5.91 Å². The van der Waals surface area contributed by atoms with Crippen molar-refractivity contribution in [2.75, 3.05) is 39.4 Å². The molecule has 0 radical (unpaired) electrons. The summed E-state index contributed by atoms with van der Waals surface area (Å²) in [4.78, 5) is 16.0. The van der Waals surface area contributed by atoms with Gasteiger partial charge in [-0.3, -0.25) is 9.69 Å². The molecule has 1 amide bonds. The molecule has 4 nitrogen and oxygen atoms in total. The topological polar surface area (TPSA) is 41.6 Å².